The molecule has 1 aromatic heterocycles. The van der Waals surface area contributed by atoms with Crippen LogP contribution in [-0.2, 0) is 5.41 Å². The van der Waals surface area contributed by atoms with Crippen molar-refractivity contribution in [2.45, 2.75) is 40.0 Å². The van der Waals surface area contributed by atoms with Crippen LogP contribution in [0.1, 0.15) is 37.7 Å². The number of benzene rings is 1. The summed E-state index contributed by atoms with van der Waals surface area (Å²) in [5.74, 6) is 0.779. The van der Waals surface area contributed by atoms with E-state index < -0.39 is 0 Å². The molecule has 0 unspecified atom stereocenters. The second-order valence-corrected chi connectivity index (χ2v) is 6.23. The van der Waals surface area contributed by atoms with Crippen LogP contribution in [0.5, 0.6) is 0 Å². The second kappa shape index (κ2) is 4.93. The van der Waals surface area contributed by atoms with Gasteiger partial charge >= 0.3 is 0 Å². The predicted octanol–water partition coefficient (Wildman–Crippen LogP) is 4.71. The molecule has 0 amide bonds. The van der Waals surface area contributed by atoms with Crippen molar-refractivity contribution in [3.8, 4) is 11.3 Å². The van der Waals surface area contributed by atoms with Gasteiger partial charge in [-0.1, -0.05) is 56.6 Å². The predicted molar refractivity (Wildman–Crippen MR) is 80.7 cm³/mol. The van der Waals surface area contributed by atoms with Gasteiger partial charge in [0.15, 0.2) is 0 Å². The normalized spacial score (nSPS) is 11.7. The topological polar surface area (TPSA) is 25.8 Å². The van der Waals surface area contributed by atoms with Gasteiger partial charge in [0.05, 0.1) is 5.69 Å². The zero-order chi connectivity index (χ0) is 14.2. The SMILES string of the molecule is Cc1ccccc1-c1nc(C(C)(C)C)nc(Cl)c1C. The average molecular weight is 275 g/mol. The van der Waals surface area contributed by atoms with Crippen LogP contribution in [0.3, 0.4) is 0 Å². The minimum atomic E-state index is -0.116. The van der Waals surface area contributed by atoms with Crippen molar-refractivity contribution in [1.82, 2.24) is 9.97 Å². The van der Waals surface area contributed by atoms with Crippen LogP contribution in [0, 0.1) is 13.8 Å². The highest BCUT2D eigenvalue weighted by Crippen LogP contribution is 2.30. The van der Waals surface area contributed by atoms with Crippen LogP contribution in [-0.4, -0.2) is 9.97 Å². The van der Waals surface area contributed by atoms with Gasteiger partial charge in [0.1, 0.15) is 11.0 Å². The Morgan fingerprint density at radius 1 is 1.00 bits per heavy atom. The van der Waals surface area contributed by atoms with E-state index in [4.69, 9.17) is 16.6 Å². The molecule has 0 saturated carbocycles. The van der Waals surface area contributed by atoms with Crippen LogP contribution >= 0.6 is 11.6 Å². The Hall–Kier alpha value is -1.41. The van der Waals surface area contributed by atoms with Crippen LogP contribution in [0.15, 0.2) is 24.3 Å². The summed E-state index contributed by atoms with van der Waals surface area (Å²) in [5, 5.41) is 0.540. The first-order chi connectivity index (χ1) is 8.80. The summed E-state index contributed by atoms with van der Waals surface area (Å²) in [6.45, 7) is 10.3. The molecule has 3 heteroatoms. The summed E-state index contributed by atoms with van der Waals surface area (Å²) in [6.07, 6.45) is 0. The molecule has 0 fully saturated rings. The Morgan fingerprint density at radius 2 is 1.63 bits per heavy atom. The zero-order valence-electron chi connectivity index (χ0n) is 12.1. The molecule has 0 spiro atoms. The Kier molecular flexibility index (Phi) is 3.64. The number of hydrogen-bond donors (Lipinski definition) is 0. The molecule has 0 N–H and O–H groups in total. The van der Waals surface area contributed by atoms with E-state index in [1.165, 1.54) is 5.56 Å². The van der Waals surface area contributed by atoms with E-state index in [-0.39, 0.29) is 5.41 Å². The monoisotopic (exact) mass is 274 g/mol. The first kappa shape index (κ1) is 14.0. The Balaban J connectivity index is 2.70. The average Bonchev–Trinajstić information content (AvgIpc) is 2.32. The first-order valence-electron chi connectivity index (χ1n) is 6.41. The van der Waals surface area contributed by atoms with E-state index in [0.717, 1.165) is 22.6 Å². The van der Waals surface area contributed by atoms with Crippen LogP contribution in [0.25, 0.3) is 11.3 Å². The van der Waals surface area contributed by atoms with Gasteiger partial charge in [-0.2, -0.15) is 0 Å². The van der Waals surface area contributed by atoms with Gasteiger partial charge in [0.2, 0.25) is 0 Å². The highest BCUT2D eigenvalue weighted by Gasteiger charge is 2.21. The minimum Gasteiger partial charge on any atom is -0.232 e. The molecule has 1 aromatic carbocycles. The summed E-state index contributed by atoms with van der Waals surface area (Å²) >= 11 is 6.28. The molecule has 2 rings (SSSR count). The van der Waals surface area contributed by atoms with E-state index >= 15 is 0 Å². The van der Waals surface area contributed by atoms with Crippen LogP contribution in [0.2, 0.25) is 5.15 Å². The summed E-state index contributed by atoms with van der Waals surface area (Å²) in [6, 6.07) is 8.21. The zero-order valence-corrected chi connectivity index (χ0v) is 12.8. The van der Waals surface area contributed by atoms with Crippen molar-refractivity contribution in [1.29, 1.82) is 0 Å². The highest BCUT2D eigenvalue weighted by atomic mass is 35.5. The molecule has 0 aliphatic rings. The smallest absolute Gasteiger partial charge is 0.136 e. The van der Waals surface area contributed by atoms with E-state index in [2.05, 4.69) is 44.8 Å². The Bertz CT molecular complexity index is 613. The fourth-order valence-corrected chi connectivity index (χ4v) is 2.10. The van der Waals surface area contributed by atoms with Crippen molar-refractivity contribution >= 4 is 11.6 Å². The molecule has 0 atom stereocenters. The van der Waals surface area contributed by atoms with Gasteiger partial charge in [-0.15, -0.1) is 0 Å². The minimum absolute atomic E-state index is 0.116. The number of aromatic nitrogens is 2. The lowest BCUT2D eigenvalue weighted by Crippen LogP contribution is -2.17. The molecular weight excluding hydrogens is 256 g/mol. The summed E-state index contributed by atoms with van der Waals surface area (Å²) in [7, 11) is 0. The Morgan fingerprint density at radius 3 is 2.21 bits per heavy atom. The van der Waals surface area contributed by atoms with Crippen molar-refractivity contribution in [3.63, 3.8) is 0 Å². The van der Waals surface area contributed by atoms with Gasteiger partial charge in [-0.25, -0.2) is 9.97 Å². The van der Waals surface area contributed by atoms with E-state index in [9.17, 15) is 0 Å². The fraction of sp³-hybridized carbons (Fsp3) is 0.375. The first-order valence-corrected chi connectivity index (χ1v) is 6.79. The van der Waals surface area contributed by atoms with Crippen molar-refractivity contribution in [2.75, 3.05) is 0 Å². The third-order valence-corrected chi connectivity index (χ3v) is 3.53. The van der Waals surface area contributed by atoms with Gasteiger partial charge in [-0.3, -0.25) is 0 Å². The molecule has 0 saturated heterocycles. The maximum Gasteiger partial charge on any atom is 0.136 e. The summed E-state index contributed by atoms with van der Waals surface area (Å²) < 4.78 is 0. The largest absolute Gasteiger partial charge is 0.232 e. The van der Waals surface area contributed by atoms with Gasteiger partial charge in [0, 0.05) is 16.5 Å². The fourth-order valence-electron chi connectivity index (χ4n) is 1.93. The maximum atomic E-state index is 6.28. The maximum absolute atomic E-state index is 6.28. The van der Waals surface area contributed by atoms with E-state index in [0.29, 0.717) is 5.15 Å². The highest BCUT2D eigenvalue weighted by molar-refractivity contribution is 6.30. The lowest BCUT2D eigenvalue weighted by atomic mass is 9.94. The standard InChI is InChI=1S/C16H19ClN2/c1-10-8-6-7-9-12(10)13-11(2)14(17)19-15(18-13)16(3,4)5/h6-9H,1-5H3. The van der Waals surface area contributed by atoms with Crippen molar-refractivity contribution in [3.05, 3.63) is 46.4 Å². The third-order valence-electron chi connectivity index (χ3n) is 3.16. The second-order valence-electron chi connectivity index (χ2n) is 5.88. The number of rotatable bonds is 1. The number of hydrogen-bond acceptors (Lipinski definition) is 2. The Labute approximate surface area is 119 Å². The molecule has 1 heterocycles. The molecule has 0 aliphatic carbocycles. The number of halogens is 1. The molecule has 2 nitrogen and oxygen atoms in total. The van der Waals surface area contributed by atoms with Gasteiger partial charge in [0.25, 0.3) is 0 Å². The number of nitrogens with zero attached hydrogens (tertiary/aromatic N) is 2. The lowest BCUT2D eigenvalue weighted by molar-refractivity contribution is 0.545. The molecule has 2 aromatic rings. The van der Waals surface area contributed by atoms with Crippen molar-refractivity contribution < 1.29 is 0 Å². The molecule has 100 valence electrons. The molecule has 0 aliphatic heterocycles. The van der Waals surface area contributed by atoms with Crippen LogP contribution < -0.4 is 0 Å². The third kappa shape index (κ3) is 2.79. The molecule has 0 radical (unpaired) electrons. The van der Waals surface area contributed by atoms with Gasteiger partial charge < -0.3 is 0 Å². The molecule has 0 bridgehead atoms. The quantitative estimate of drug-likeness (QED) is 0.704. The summed E-state index contributed by atoms with van der Waals surface area (Å²) in [5.41, 5.74) is 4.07. The van der Waals surface area contributed by atoms with E-state index in [1.807, 2.05) is 19.1 Å². The molecular formula is C16H19ClN2. The van der Waals surface area contributed by atoms with E-state index in [1.54, 1.807) is 0 Å². The lowest BCUT2D eigenvalue weighted by Gasteiger charge is -2.19. The van der Waals surface area contributed by atoms with Gasteiger partial charge in [-0.05, 0) is 19.4 Å². The number of aryl methyl sites for hydroxylation is 1. The molecule has 19 heavy (non-hydrogen) atoms. The van der Waals surface area contributed by atoms with Crippen molar-refractivity contribution in [2.24, 2.45) is 0 Å². The summed E-state index contributed by atoms with van der Waals surface area (Å²) in [4.78, 5) is 9.15. The van der Waals surface area contributed by atoms with Crippen LogP contribution in [0.4, 0.5) is 0 Å².